The lowest BCUT2D eigenvalue weighted by atomic mass is 10.2. The van der Waals surface area contributed by atoms with Gasteiger partial charge in [0.05, 0.1) is 18.9 Å². The molecule has 6 N–H and O–H groups in total. The summed E-state index contributed by atoms with van der Waals surface area (Å²) in [6.07, 6.45) is 0. The highest BCUT2D eigenvalue weighted by Gasteiger charge is 2.16. The van der Waals surface area contributed by atoms with Crippen LogP contribution < -0.4 is 27.0 Å². The van der Waals surface area contributed by atoms with Gasteiger partial charge in [-0.05, 0) is 30.3 Å². The zero-order valence-corrected chi connectivity index (χ0v) is 18.1. The highest BCUT2D eigenvalue weighted by molar-refractivity contribution is 5.62. The second-order valence-corrected chi connectivity index (χ2v) is 7.55. The Kier molecular flexibility index (Phi) is 5.79. The van der Waals surface area contributed by atoms with E-state index in [0.717, 1.165) is 24.5 Å². The number of anilines is 7. The van der Waals surface area contributed by atoms with Crippen molar-refractivity contribution in [2.45, 2.75) is 0 Å². The third kappa shape index (κ3) is 4.66. The topological polar surface area (TPSA) is 145 Å². The Morgan fingerprint density at radius 3 is 2.47 bits per heavy atom. The van der Waals surface area contributed by atoms with Crippen LogP contribution in [0.4, 0.5) is 45.1 Å². The first-order valence-electron chi connectivity index (χ1n) is 10.6. The van der Waals surface area contributed by atoms with E-state index in [1.165, 1.54) is 10.7 Å². The molecule has 12 heteroatoms. The van der Waals surface area contributed by atoms with E-state index in [4.69, 9.17) is 16.2 Å². The average molecular weight is 462 g/mol. The van der Waals surface area contributed by atoms with Crippen LogP contribution in [0, 0.1) is 5.82 Å². The van der Waals surface area contributed by atoms with Crippen LogP contribution in [-0.4, -0.2) is 51.0 Å². The standard InChI is InChI=1S/C22H23FN10O/c23-16-12-15(32-8-10-34-11-9-32)6-7-17(16)27-22-30-21(25)33(31-22)19-13-18(28-20(24)29-19)26-14-4-2-1-3-5-14/h1-7,12-13H,8-11H2,(H3,24,26,28,29)(H3,25,27,30,31). The number of nitrogens with two attached hydrogens (primary N) is 2. The molecule has 3 heterocycles. The highest BCUT2D eigenvalue weighted by atomic mass is 19.1. The number of halogens is 1. The summed E-state index contributed by atoms with van der Waals surface area (Å²) in [7, 11) is 0. The van der Waals surface area contributed by atoms with Crippen LogP contribution in [0.3, 0.4) is 0 Å². The van der Waals surface area contributed by atoms with Crippen LogP contribution in [0.5, 0.6) is 0 Å². The summed E-state index contributed by atoms with van der Waals surface area (Å²) in [6.45, 7) is 2.69. The van der Waals surface area contributed by atoms with E-state index in [2.05, 4.69) is 35.6 Å². The van der Waals surface area contributed by atoms with Crippen LogP contribution in [0.15, 0.2) is 54.6 Å². The van der Waals surface area contributed by atoms with Gasteiger partial charge in [0.1, 0.15) is 11.6 Å². The summed E-state index contributed by atoms with van der Waals surface area (Å²) in [5, 5.41) is 10.3. The summed E-state index contributed by atoms with van der Waals surface area (Å²) in [6, 6.07) is 16.1. The van der Waals surface area contributed by atoms with Crippen molar-refractivity contribution in [2.75, 3.05) is 53.3 Å². The molecule has 0 spiro atoms. The van der Waals surface area contributed by atoms with Gasteiger partial charge >= 0.3 is 0 Å². The Hall–Kier alpha value is -4.45. The Morgan fingerprint density at radius 2 is 1.71 bits per heavy atom. The van der Waals surface area contributed by atoms with Crippen LogP contribution in [0.25, 0.3) is 5.82 Å². The minimum absolute atomic E-state index is 0.0325. The number of aromatic nitrogens is 5. The molecular formula is C22H23FN10O. The third-order valence-corrected chi connectivity index (χ3v) is 5.20. The normalized spacial score (nSPS) is 13.6. The fraction of sp³-hybridized carbons (Fsp3) is 0.182. The number of nitrogens with one attached hydrogen (secondary N) is 2. The number of rotatable bonds is 6. The van der Waals surface area contributed by atoms with Crippen molar-refractivity contribution in [3.8, 4) is 5.82 Å². The van der Waals surface area contributed by atoms with E-state index in [9.17, 15) is 4.39 Å². The number of para-hydroxylation sites is 1. The molecule has 0 radical (unpaired) electrons. The molecular weight excluding hydrogens is 439 g/mol. The minimum atomic E-state index is -0.431. The van der Waals surface area contributed by atoms with Crippen LogP contribution in [0.1, 0.15) is 0 Å². The van der Waals surface area contributed by atoms with E-state index >= 15 is 0 Å². The van der Waals surface area contributed by atoms with E-state index in [-0.39, 0.29) is 23.5 Å². The van der Waals surface area contributed by atoms with Crippen molar-refractivity contribution >= 4 is 40.7 Å². The molecule has 2 aromatic heterocycles. The lowest BCUT2D eigenvalue weighted by Gasteiger charge is -2.29. The number of nitrogen functional groups attached to an aromatic ring is 2. The molecule has 1 saturated heterocycles. The van der Waals surface area contributed by atoms with E-state index < -0.39 is 5.82 Å². The first kappa shape index (κ1) is 21.4. The van der Waals surface area contributed by atoms with E-state index in [1.54, 1.807) is 12.1 Å². The second kappa shape index (κ2) is 9.19. The Labute approximate surface area is 194 Å². The van der Waals surface area contributed by atoms with Crippen molar-refractivity contribution in [1.29, 1.82) is 0 Å². The maximum absolute atomic E-state index is 14.8. The van der Waals surface area contributed by atoms with Crippen molar-refractivity contribution in [1.82, 2.24) is 24.7 Å². The second-order valence-electron chi connectivity index (χ2n) is 7.55. The molecule has 4 aromatic rings. The zero-order chi connectivity index (χ0) is 23.5. The van der Waals surface area contributed by atoms with Crippen molar-refractivity contribution < 1.29 is 9.13 Å². The number of morpholine rings is 1. The van der Waals surface area contributed by atoms with Gasteiger partial charge in [0, 0.05) is 30.5 Å². The predicted octanol–water partition coefficient (Wildman–Crippen LogP) is 2.68. The van der Waals surface area contributed by atoms with Crippen molar-refractivity contribution in [3.05, 3.63) is 60.4 Å². The summed E-state index contributed by atoms with van der Waals surface area (Å²) in [4.78, 5) is 14.6. The van der Waals surface area contributed by atoms with Crippen LogP contribution in [-0.2, 0) is 4.74 Å². The fourth-order valence-corrected chi connectivity index (χ4v) is 3.58. The number of benzene rings is 2. The zero-order valence-electron chi connectivity index (χ0n) is 18.1. The Balaban J connectivity index is 1.36. The molecule has 1 aliphatic heterocycles. The van der Waals surface area contributed by atoms with E-state index in [0.29, 0.717) is 24.8 Å². The summed E-state index contributed by atoms with van der Waals surface area (Å²) in [5.41, 5.74) is 13.8. The highest BCUT2D eigenvalue weighted by Crippen LogP contribution is 2.26. The Bertz CT molecular complexity index is 1290. The first-order chi connectivity index (χ1) is 16.5. The number of nitrogens with zero attached hydrogens (tertiary/aromatic N) is 6. The van der Waals surface area contributed by atoms with Crippen LogP contribution in [0.2, 0.25) is 0 Å². The van der Waals surface area contributed by atoms with Gasteiger partial charge in [-0.1, -0.05) is 18.2 Å². The smallest absolute Gasteiger partial charge is 0.248 e. The molecule has 1 aliphatic rings. The predicted molar refractivity (Wildman–Crippen MR) is 128 cm³/mol. The molecule has 2 aromatic carbocycles. The molecule has 0 saturated carbocycles. The van der Waals surface area contributed by atoms with Gasteiger partial charge in [0.25, 0.3) is 0 Å². The number of ether oxygens (including phenoxy) is 1. The van der Waals surface area contributed by atoms with Gasteiger partial charge < -0.3 is 31.7 Å². The molecule has 34 heavy (non-hydrogen) atoms. The molecule has 0 bridgehead atoms. The van der Waals surface area contributed by atoms with Gasteiger partial charge in [-0.25, -0.2) is 4.39 Å². The van der Waals surface area contributed by atoms with Crippen LogP contribution >= 0.6 is 0 Å². The number of hydrogen-bond acceptors (Lipinski definition) is 10. The largest absolute Gasteiger partial charge is 0.378 e. The number of hydrogen-bond donors (Lipinski definition) is 4. The summed E-state index contributed by atoms with van der Waals surface area (Å²) < 4.78 is 21.4. The summed E-state index contributed by atoms with van der Waals surface area (Å²) >= 11 is 0. The van der Waals surface area contributed by atoms with Gasteiger partial charge in [-0.15, -0.1) is 5.10 Å². The molecule has 0 aliphatic carbocycles. The molecule has 0 unspecified atom stereocenters. The SMILES string of the molecule is Nc1nc(Nc2ccccc2)cc(-n2nc(Nc3ccc(N4CCOCC4)cc3F)nc2N)n1. The lowest BCUT2D eigenvalue weighted by Crippen LogP contribution is -2.36. The third-order valence-electron chi connectivity index (χ3n) is 5.20. The van der Waals surface area contributed by atoms with Gasteiger partial charge in [0.2, 0.25) is 17.8 Å². The average Bonchev–Trinajstić information content (AvgIpc) is 3.21. The summed E-state index contributed by atoms with van der Waals surface area (Å²) in [5.74, 6) is 0.543. The van der Waals surface area contributed by atoms with Gasteiger partial charge in [-0.2, -0.15) is 19.6 Å². The molecule has 0 amide bonds. The quantitative estimate of drug-likeness (QED) is 0.337. The van der Waals surface area contributed by atoms with Gasteiger partial charge in [0.15, 0.2) is 5.82 Å². The van der Waals surface area contributed by atoms with Gasteiger partial charge in [-0.3, -0.25) is 0 Å². The maximum atomic E-state index is 14.8. The molecule has 11 nitrogen and oxygen atoms in total. The van der Waals surface area contributed by atoms with E-state index in [1.807, 2.05) is 36.4 Å². The Morgan fingerprint density at radius 1 is 0.912 bits per heavy atom. The van der Waals surface area contributed by atoms with Crippen molar-refractivity contribution in [3.63, 3.8) is 0 Å². The monoisotopic (exact) mass is 462 g/mol. The molecule has 1 fully saturated rings. The molecule has 0 atom stereocenters. The molecule has 174 valence electrons. The maximum Gasteiger partial charge on any atom is 0.248 e. The minimum Gasteiger partial charge on any atom is -0.378 e. The fourth-order valence-electron chi connectivity index (χ4n) is 3.58. The van der Waals surface area contributed by atoms with Crippen molar-refractivity contribution in [2.24, 2.45) is 0 Å². The molecule has 5 rings (SSSR count). The first-order valence-corrected chi connectivity index (χ1v) is 10.6. The lowest BCUT2D eigenvalue weighted by molar-refractivity contribution is 0.122.